The second-order valence-corrected chi connectivity index (χ2v) is 6.99. The van der Waals surface area contributed by atoms with Gasteiger partial charge in [-0.3, -0.25) is 5.32 Å². The highest BCUT2D eigenvalue weighted by Gasteiger charge is 2.16. The number of carbonyl (C=O) groups excluding carboxylic acids is 1. The molecule has 0 bridgehead atoms. The Morgan fingerprint density at radius 1 is 1.33 bits per heavy atom. The first kappa shape index (κ1) is 18.0. The zero-order chi connectivity index (χ0) is 17.7. The number of amides is 1. The minimum atomic E-state index is -0.561. The van der Waals surface area contributed by atoms with Crippen LogP contribution in [0.15, 0.2) is 35.6 Å². The van der Waals surface area contributed by atoms with Crippen LogP contribution in [0.5, 0.6) is 10.9 Å². The van der Waals surface area contributed by atoms with Gasteiger partial charge in [-0.2, -0.15) is 0 Å². The molecule has 7 nitrogen and oxygen atoms in total. The van der Waals surface area contributed by atoms with E-state index in [0.717, 1.165) is 11.3 Å². The maximum atomic E-state index is 11.7. The van der Waals surface area contributed by atoms with Crippen LogP contribution < -0.4 is 10.1 Å². The van der Waals surface area contributed by atoms with E-state index >= 15 is 0 Å². The Morgan fingerprint density at radius 3 is 2.58 bits per heavy atom. The monoisotopic (exact) mass is 369 g/mol. The zero-order valence-electron chi connectivity index (χ0n) is 13.2. The predicted octanol–water partition coefficient (Wildman–Crippen LogP) is 4.66. The minimum Gasteiger partial charge on any atom is -0.444 e. The molecule has 0 aliphatic heterocycles. The first-order valence-electron chi connectivity index (χ1n) is 6.88. The summed E-state index contributed by atoms with van der Waals surface area (Å²) in [5.41, 5.74) is 0.0151. The maximum absolute atomic E-state index is 11.7. The standard InChI is InChI=1S/C15H16ClN3O4S/c1-15(2,3)23-13(20)18-9-4-6-10(7-5-9)22-14-17-8-11(24-14)12(16)19-21/h4-8,21H,1-3H3,(H,18,20). The van der Waals surface area contributed by atoms with Gasteiger partial charge in [-0.05, 0) is 45.0 Å². The molecule has 24 heavy (non-hydrogen) atoms. The van der Waals surface area contributed by atoms with Gasteiger partial charge in [-0.15, -0.1) is 0 Å². The average Bonchev–Trinajstić information content (AvgIpc) is 2.95. The number of ether oxygens (including phenoxy) is 2. The number of rotatable bonds is 4. The highest BCUT2D eigenvalue weighted by molar-refractivity contribution is 7.17. The Bertz CT molecular complexity index is 738. The van der Waals surface area contributed by atoms with Crippen molar-refractivity contribution in [3.8, 4) is 10.9 Å². The van der Waals surface area contributed by atoms with Crippen LogP contribution in [0.4, 0.5) is 10.5 Å². The highest BCUT2D eigenvalue weighted by Crippen LogP contribution is 2.28. The molecule has 0 unspecified atom stereocenters. The zero-order valence-corrected chi connectivity index (χ0v) is 14.8. The van der Waals surface area contributed by atoms with Crippen LogP contribution in [0.3, 0.4) is 0 Å². The van der Waals surface area contributed by atoms with Crippen LogP contribution in [0.1, 0.15) is 25.6 Å². The van der Waals surface area contributed by atoms with Crippen molar-refractivity contribution >= 4 is 39.9 Å². The van der Waals surface area contributed by atoms with Gasteiger partial charge in [0, 0.05) is 5.69 Å². The van der Waals surface area contributed by atoms with Gasteiger partial charge in [-0.1, -0.05) is 28.1 Å². The Labute approximate surface area is 147 Å². The van der Waals surface area contributed by atoms with Crippen LogP contribution in [-0.2, 0) is 4.74 Å². The van der Waals surface area contributed by atoms with Crippen molar-refractivity contribution in [1.29, 1.82) is 0 Å². The summed E-state index contributed by atoms with van der Waals surface area (Å²) in [6, 6.07) is 6.71. The molecule has 1 aromatic carbocycles. The molecule has 0 saturated carbocycles. The molecule has 1 aromatic heterocycles. The molecule has 2 N–H and O–H groups in total. The van der Waals surface area contributed by atoms with E-state index in [1.807, 2.05) is 0 Å². The topological polar surface area (TPSA) is 93.0 Å². The Hall–Kier alpha value is -2.32. The molecule has 1 amide bonds. The maximum Gasteiger partial charge on any atom is 0.412 e. The molecule has 1 heterocycles. The van der Waals surface area contributed by atoms with Crippen LogP contribution in [-0.4, -0.2) is 27.1 Å². The number of thiazole rings is 1. The summed E-state index contributed by atoms with van der Waals surface area (Å²) in [6.07, 6.45) is 0.916. The van der Waals surface area contributed by atoms with Crippen molar-refractivity contribution in [3.05, 3.63) is 35.3 Å². The van der Waals surface area contributed by atoms with E-state index in [9.17, 15) is 4.79 Å². The van der Waals surface area contributed by atoms with Crippen molar-refractivity contribution in [2.75, 3.05) is 5.32 Å². The first-order valence-corrected chi connectivity index (χ1v) is 8.08. The summed E-state index contributed by atoms with van der Waals surface area (Å²) in [5.74, 6) is 0.530. The third-order valence-electron chi connectivity index (χ3n) is 2.48. The van der Waals surface area contributed by atoms with Gasteiger partial charge in [0.25, 0.3) is 5.19 Å². The molecular formula is C15H16ClN3O4S. The average molecular weight is 370 g/mol. The SMILES string of the molecule is CC(C)(C)OC(=O)Nc1ccc(Oc2ncc(C(Cl)=NO)s2)cc1. The summed E-state index contributed by atoms with van der Waals surface area (Å²) in [6.45, 7) is 5.37. The second-order valence-electron chi connectivity index (χ2n) is 5.63. The van der Waals surface area contributed by atoms with Crippen molar-refractivity contribution in [3.63, 3.8) is 0 Å². The Kier molecular flexibility index (Phi) is 5.63. The number of halogens is 1. The number of benzene rings is 1. The van der Waals surface area contributed by atoms with Crippen LogP contribution in [0.2, 0.25) is 0 Å². The van der Waals surface area contributed by atoms with Gasteiger partial charge < -0.3 is 14.7 Å². The quantitative estimate of drug-likeness (QED) is 0.464. The molecule has 0 aliphatic rings. The Balaban J connectivity index is 1.97. The molecule has 0 radical (unpaired) electrons. The third kappa shape index (κ3) is 5.39. The van der Waals surface area contributed by atoms with E-state index in [1.165, 1.54) is 6.20 Å². The minimum absolute atomic E-state index is 0.0562. The summed E-state index contributed by atoms with van der Waals surface area (Å²) in [7, 11) is 0. The number of hydrogen-bond donors (Lipinski definition) is 2. The molecule has 0 saturated heterocycles. The van der Waals surface area contributed by atoms with Gasteiger partial charge in [0.1, 0.15) is 11.4 Å². The number of anilines is 1. The molecule has 0 atom stereocenters. The number of hydrogen-bond acceptors (Lipinski definition) is 7. The second kappa shape index (κ2) is 7.50. The fourth-order valence-electron chi connectivity index (χ4n) is 1.58. The first-order chi connectivity index (χ1) is 11.3. The van der Waals surface area contributed by atoms with Gasteiger partial charge >= 0.3 is 6.09 Å². The number of carbonyl (C=O) groups is 1. The fraction of sp³-hybridized carbons (Fsp3) is 0.267. The largest absolute Gasteiger partial charge is 0.444 e. The number of nitrogens with one attached hydrogen (secondary N) is 1. The van der Waals surface area contributed by atoms with E-state index in [1.54, 1.807) is 45.0 Å². The molecular weight excluding hydrogens is 354 g/mol. The summed E-state index contributed by atoms with van der Waals surface area (Å²) in [4.78, 5) is 16.2. The Morgan fingerprint density at radius 2 is 2.00 bits per heavy atom. The van der Waals surface area contributed by atoms with E-state index in [4.69, 9.17) is 26.3 Å². The number of aromatic nitrogens is 1. The lowest BCUT2D eigenvalue weighted by atomic mass is 10.2. The number of nitrogens with zero attached hydrogens (tertiary/aromatic N) is 2. The molecule has 9 heteroatoms. The van der Waals surface area contributed by atoms with E-state index in [-0.39, 0.29) is 5.17 Å². The normalized spacial score (nSPS) is 11.9. The van der Waals surface area contributed by atoms with E-state index < -0.39 is 11.7 Å². The third-order valence-corrected chi connectivity index (χ3v) is 3.75. The molecule has 128 valence electrons. The van der Waals surface area contributed by atoms with Gasteiger partial charge in [0.05, 0.1) is 11.1 Å². The highest BCUT2D eigenvalue weighted by atomic mass is 35.5. The van der Waals surface area contributed by atoms with Gasteiger partial charge in [0.15, 0.2) is 5.17 Å². The van der Waals surface area contributed by atoms with Crippen molar-refractivity contribution < 1.29 is 19.5 Å². The van der Waals surface area contributed by atoms with Crippen molar-refractivity contribution in [2.45, 2.75) is 26.4 Å². The molecule has 0 spiro atoms. The smallest absolute Gasteiger partial charge is 0.412 e. The lowest BCUT2D eigenvalue weighted by molar-refractivity contribution is 0.0636. The van der Waals surface area contributed by atoms with Gasteiger partial charge in [0.2, 0.25) is 0 Å². The summed E-state index contributed by atoms with van der Waals surface area (Å²) in [5, 5.41) is 14.4. The van der Waals surface area contributed by atoms with Crippen LogP contribution in [0.25, 0.3) is 0 Å². The lowest BCUT2D eigenvalue weighted by Gasteiger charge is -2.19. The van der Waals surface area contributed by atoms with Crippen molar-refractivity contribution in [2.24, 2.45) is 5.16 Å². The fourth-order valence-corrected chi connectivity index (χ4v) is 2.40. The number of oxime groups is 1. The molecule has 2 aromatic rings. The lowest BCUT2D eigenvalue weighted by Crippen LogP contribution is -2.27. The van der Waals surface area contributed by atoms with E-state index in [0.29, 0.717) is 21.5 Å². The van der Waals surface area contributed by atoms with E-state index in [2.05, 4.69) is 15.5 Å². The van der Waals surface area contributed by atoms with Gasteiger partial charge in [-0.25, -0.2) is 9.78 Å². The molecule has 2 rings (SSSR count). The molecule has 0 aliphatic carbocycles. The van der Waals surface area contributed by atoms with Crippen LogP contribution >= 0.6 is 22.9 Å². The molecule has 0 fully saturated rings. The van der Waals surface area contributed by atoms with Crippen LogP contribution in [0, 0.1) is 0 Å². The summed E-state index contributed by atoms with van der Waals surface area (Å²) < 4.78 is 10.7. The summed E-state index contributed by atoms with van der Waals surface area (Å²) >= 11 is 6.82. The predicted molar refractivity (Wildman–Crippen MR) is 92.7 cm³/mol. The van der Waals surface area contributed by atoms with Crippen molar-refractivity contribution in [1.82, 2.24) is 4.98 Å².